The Labute approximate surface area is 207 Å². The van der Waals surface area contributed by atoms with Crippen molar-refractivity contribution < 1.29 is 26.7 Å². The Balaban J connectivity index is 1.93. The van der Waals surface area contributed by atoms with E-state index in [1.165, 1.54) is 41.0 Å². The first kappa shape index (κ1) is 25.6. The van der Waals surface area contributed by atoms with E-state index in [1.54, 1.807) is 37.5 Å². The van der Waals surface area contributed by atoms with Crippen LogP contribution in [0.25, 0.3) is 27.8 Å². The topological polar surface area (TPSA) is 94.5 Å². The minimum atomic E-state index is -4.48. The van der Waals surface area contributed by atoms with E-state index < -0.39 is 24.9 Å². The number of halogens is 5. The van der Waals surface area contributed by atoms with Gasteiger partial charge < -0.3 is 15.8 Å². The Bertz CT molecular complexity index is 1520. The highest BCUT2D eigenvalue weighted by Crippen LogP contribution is 2.27. The molecule has 0 amide bonds. The van der Waals surface area contributed by atoms with Crippen LogP contribution < -0.4 is 21.3 Å². The first-order valence-electron chi connectivity index (χ1n) is 10.8. The van der Waals surface area contributed by atoms with Crippen molar-refractivity contribution in [3.63, 3.8) is 0 Å². The molecule has 192 valence electrons. The van der Waals surface area contributed by atoms with E-state index in [2.05, 4.69) is 20.0 Å². The van der Waals surface area contributed by atoms with Gasteiger partial charge in [-0.05, 0) is 60.2 Å². The SMILES string of the molecule is CN=Cc1cc(-c2cc3ccc(NCC(F)(F)F)nc3n(-c3ccc(OC(F)F)cc3)c2=O)ccc1N. The van der Waals surface area contributed by atoms with E-state index in [4.69, 9.17) is 5.73 Å². The molecule has 2 aromatic heterocycles. The van der Waals surface area contributed by atoms with Gasteiger partial charge in [-0.3, -0.25) is 14.4 Å². The lowest BCUT2D eigenvalue weighted by molar-refractivity contribution is -0.115. The third-order valence-corrected chi connectivity index (χ3v) is 5.31. The van der Waals surface area contributed by atoms with E-state index in [9.17, 15) is 26.7 Å². The molecular weight excluding hydrogens is 497 g/mol. The van der Waals surface area contributed by atoms with Crippen LogP contribution in [0.2, 0.25) is 0 Å². The van der Waals surface area contributed by atoms with E-state index in [0.717, 1.165) is 0 Å². The number of pyridine rings is 2. The van der Waals surface area contributed by atoms with Crippen molar-refractivity contribution in [1.29, 1.82) is 0 Å². The zero-order valence-electron chi connectivity index (χ0n) is 19.3. The maximum atomic E-state index is 13.7. The standard InChI is InChI=1S/C25H20F5N5O2/c1-32-12-16-10-14(2-8-20(16)31)19-11-15-3-9-21(33-13-25(28,29)30)34-22(15)35(23(19)36)17-4-6-18(7-5-17)37-24(26)27/h2-12,24H,13,31H2,1H3,(H,33,34). The quantitative estimate of drug-likeness (QED) is 0.198. The fraction of sp³-hybridized carbons (Fsp3) is 0.160. The highest BCUT2D eigenvalue weighted by molar-refractivity contribution is 5.90. The van der Waals surface area contributed by atoms with Crippen LogP contribution in [0.15, 0.2) is 70.5 Å². The van der Waals surface area contributed by atoms with Gasteiger partial charge in [0.1, 0.15) is 23.8 Å². The molecule has 0 aliphatic rings. The minimum absolute atomic E-state index is 0.0641. The zero-order chi connectivity index (χ0) is 26.7. The molecule has 0 aliphatic carbocycles. The van der Waals surface area contributed by atoms with Gasteiger partial charge in [-0.25, -0.2) is 4.98 Å². The predicted molar refractivity (Wildman–Crippen MR) is 132 cm³/mol. The summed E-state index contributed by atoms with van der Waals surface area (Å²) in [4.78, 5) is 21.9. The number of fused-ring (bicyclic) bond motifs is 1. The highest BCUT2D eigenvalue weighted by atomic mass is 19.4. The van der Waals surface area contributed by atoms with E-state index in [-0.39, 0.29) is 28.5 Å². The number of ether oxygens (including phenoxy) is 1. The highest BCUT2D eigenvalue weighted by Gasteiger charge is 2.27. The second kappa shape index (κ2) is 10.2. The monoisotopic (exact) mass is 517 g/mol. The number of rotatable bonds is 7. The van der Waals surface area contributed by atoms with Crippen LogP contribution in [-0.2, 0) is 0 Å². The first-order chi connectivity index (χ1) is 17.6. The fourth-order valence-electron chi connectivity index (χ4n) is 3.69. The number of hydrogen-bond acceptors (Lipinski definition) is 6. The number of nitrogens with one attached hydrogen (secondary N) is 1. The number of alkyl halides is 5. The molecular formula is C25H20F5N5O2. The van der Waals surface area contributed by atoms with Gasteiger partial charge in [0.2, 0.25) is 0 Å². The summed E-state index contributed by atoms with van der Waals surface area (Å²) in [5, 5.41) is 2.64. The summed E-state index contributed by atoms with van der Waals surface area (Å²) in [7, 11) is 1.58. The largest absolute Gasteiger partial charge is 0.435 e. The van der Waals surface area contributed by atoms with Gasteiger partial charge in [0.15, 0.2) is 0 Å². The van der Waals surface area contributed by atoms with Crippen LogP contribution in [-0.4, -0.2) is 42.1 Å². The van der Waals surface area contributed by atoms with Gasteiger partial charge in [0.25, 0.3) is 5.56 Å². The number of nitrogens with zero attached hydrogens (tertiary/aromatic N) is 3. The second-order valence-corrected chi connectivity index (χ2v) is 7.88. The van der Waals surface area contributed by atoms with Gasteiger partial charge in [-0.2, -0.15) is 22.0 Å². The van der Waals surface area contributed by atoms with Crippen molar-refractivity contribution >= 4 is 28.8 Å². The molecule has 0 bridgehead atoms. The number of nitrogen functional groups attached to an aromatic ring is 1. The maximum absolute atomic E-state index is 13.7. The van der Waals surface area contributed by atoms with Crippen LogP contribution in [0, 0.1) is 0 Å². The molecule has 7 nitrogen and oxygen atoms in total. The van der Waals surface area contributed by atoms with Crippen molar-refractivity contribution in [2.75, 3.05) is 24.6 Å². The van der Waals surface area contributed by atoms with Crippen LogP contribution in [0.4, 0.5) is 33.5 Å². The van der Waals surface area contributed by atoms with Gasteiger partial charge in [-0.15, -0.1) is 0 Å². The molecule has 37 heavy (non-hydrogen) atoms. The number of benzene rings is 2. The fourth-order valence-corrected chi connectivity index (χ4v) is 3.69. The second-order valence-electron chi connectivity index (χ2n) is 7.88. The van der Waals surface area contributed by atoms with E-state index in [0.29, 0.717) is 22.2 Å². The van der Waals surface area contributed by atoms with Gasteiger partial charge in [0.05, 0.1) is 5.69 Å². The number of anilines is 2. The van der Waals surface area contributed by atoms with Crippen molar-refractivity contribution in [1.82, 2.24) is 9.55 Å². The van der Waals surface area contributed by atoms with Crippen molar-refractivity contribution in [2.45, 2.75) is 12.8 Å². The molecule has 0 radical (unpaired) electrons. The Hall–Kier alpha value is -4.48. The van der Waals surface area contributed by atoms with Crippen LogP contribution >= 0.6 is 0 Å². The number of aromatic nitrogens is 2. The van der Waals surface area contributed by atoms with Gasteiger partial charge in [-0.1, -0.05) is 6.07 Å². The molecule has 3 N–H and O–H groups in total. The zero-order valence-corrected chi connectivity index (χ0v) is 19.3. The lowest BCUT2D eigenvalue weighted by Crippen LogP contribution is -2.23. The molecule has 0 aliphatic heterocycles. The van der Waals surface area contributed by atoms with Crippen molar-refractivity contribution in [3.8, 4) is 22.6 Å². The van der Waals surface area contributed by atoms with Crippen LogP contribution in [0.1, 0.15) is 5.56 Å². The Kier molecular flexibility index (Phi) is 7.09. The summed E-state index contributed by atoms with van der Waals surface area (Å²) in [6.45, 7) is -4.35. The number of nitrogens with two attached hydrogens (primary N) is 1. The lowest BCUT2D eigenvalue weighted by Gasteiger charge is -2.15. The molecule has 0 saturated heterocycles. The molecule has 0 unspecified atom stereocenters. The molecule has 4 rings (SSSR count). The molecule has 0 spiro atoms. The number of aliphatic imine (C=N–C) groups is 1. The lowest BCUT2D eigenvalue weighted by atomic mass is 10.0. The Morgan fingerprint density at radius 2 is 1.84 bits per heavy atom. The molecule has 0 saturated carbocycles. The molecule has 12 heteroatoms. The van der Waals surface area contributed by atoms with Gasteiger partial charge in [0, 0.05) is 35.5 Å². The summed E-state index contributed by atoms with van der Waals surface area (Å²) in [6.07, 6.45) is -2.93. The van der Waals surface area contributed by atoms with E-state index >= 15 is 0 Å². The Morgan fingerprint density at radius 1 is 1.11 bits per heavy atom. The molecule has 0 fully saturated rings. The minimum Gasteiger partial charge on any atom is -0.435 e. The van der Waals surface area contributed by atoms with Crippen molar-refractivity contribution in [2.24, 2.45) is 4.99 Å². The van der Waals surface area contributed by atoms with E-state index in [1.807, 2.05) is 0 Å². The maximum Gasteiger partial charge on any atom is 0.405 e. The van der Waals surface area contributed by atoms with Crippen LogP contribution in [0.5, 0.6) is 5.75 Å². The number of hydrogen-bond donors (Lipinski definition) is 2. The summed E-state index contributed by atoms with van der Waals surface area (Å²) < 4.78 is 68.9. The third kappa shape index (κ3) is 5.85. The van der Waals surface area contributed by atoms with Crippen LogP contribution in [0.3, 0.4) is 0 Å². The normalized spacial score (nSPS) is 12.0. The molecule has 0 atom stereocenters. The summed E-state index contributed by atoms with van der Waals surface area (Å²) >= 11 is 0. The molecule has 2 heterocycles. The van der Waals surface area contributed by atoms with Crippen molar-refractivity contribution in [3.05, 3.63) is 76.6 Å². The average molecular weight is 517 g/mol. The molecule has 2 aromatic carbocycles. The summed E-state index contributed by atoms with van der Waals surface area (Å²) in [5.41, 5.74) is 7.56. The smallest absolute Gasteiger partial charge is 0.405 e. The predicted octanol–water partition coefficient (Wildman–Crippen LogP) is 5.26. The first-order valence-corrected chi connectivity index (χ1v) is 10.8. The third-order valence-electron chi connectivity index (χ3n) is 5.31. The molecule has 4 aromatic rings. The van der Waals surface area contributed by atoms with Gasteiger partial charge >= 0.3 is 12.8 Å². The summed E-state index contributed by atoms with van der Waals surface area (Å²) in [5.74, 6) is -0.230. The average Bonchev–Trinajstić information content (AvgIpc) is 2.84. The Morgan fingerprint density at radius 3 is 2.49 bits per heavy atom. The summed E-state index contributed by atoms with van der Waals surface area (Å²) in [6, 6.07) is 14.7.